The van der Waals surface area contributed by atoms with E-state index in [1.807, 2.05) is 41.5 Å². The Hall–Kier alpha value is -2.44. The Labute approximate surface area is 160 Å². The third-order valence-corrected chi connectivity index (χ3v) is 4.59. The van der Waals surface area contributed by atoms with Crippen LogP contribution in [0, 0.1) is 5.41 Å². The van der Waals surface area contributed by atoms with Gasteiger partial charge in [-0.2, -0.15) is 0 Å². The van der Waals surface area contributed by atoms with Gasteiger partial charge in [-0.05, 0) is 46.2 Å². The van der Waals surface area contributed by atoms with Crippen LogP contribution in [0.3, 0.4) is 0 Å². The van der Waals surface area contributed by atoms with Crippen LogP contribution in [0.25, 0.3) is 0 Å². The predicted octanol–water partition coefficient (Wildman–Crippen LogP) is 3.78. The molecule has 1 fully saturated rings. The van der Waals surface area contributed by atoms with Gasteiger partial charge in [0.15, 0.2) is 11.5 Å². The summed E-state index contributed by atoms with van der Waals surface area (Å²) in [5.74, 6) is 0.411. The summed E-state index contributed by atoms with van der Waals surface area (Å²) in [7, 11) is 0. The first-order valence-electron chi connectivity index (χ1n) is 9.18. The molecule has 1 aromatic rings. The van der Waals surface area contributed by atoms with Gasteiger partial charge in [0, 0.05) is 38.7 Å². The summed E-state index contributed by atoms with van der Waals surface area (Å²) in [4.78, 5) is 26.7. The van der Waals surface area contributed by atoms with Crippen LogP contribution >= 0.6 is 0 Å². The van der Waals surface area contributed by atoms with Crippen molar-refractivity contribution in [2.45, 2.75) is 59.4 Å². The summed E-state index contributed by atoms with van der Waals surface area (Å²) in [6.45, 7) is 11.8. The van der Waals surface area contributed by atoms with Crippen molar-refractivity contribution in [2.75, 3.05) is 18.4 Å². The third kappa shape index (κ3) is 4.28. The number of nitrogens with zero attached hydrogens (tertiary/aromatic N) is 1. The van der Waals surface area contributed by atoms with E-state index in [4.69, 9.17) is 14.2 Å². The zero-order valence-electron chi connectivity index (χ0n) is 16.8. The minimum absolute atomic E-state index is 0.133. The number of carbonyl (C=O) groups excluding carboxylic acids is 2. The average molecular weight is 376 g/mol. The zero-order chi connectivity index (χ0) is 20.0. The first-order chi connectivity index (χ1) is 12.4. The molecule has 2 aliphatic heterocycles. The number of carbonyl (C=O) groups is 2. The molecular formula is C20H28N2O5. The number of hydrogen-bond acceptors (Lipinski definition) is 5. The molecule has 1 atom stereocenters. The number of fused-ring (bicyclic) bond motifs is 1. The molecular weight excluding hydrogens is 348 g/mol. The molecule has 7 heteroatoms. The molecule has 1 saturated heterocycles. The van der Waals surface area contributed by atoms with Gasteiger partial charge in [-0.1, -0.05) is 0 Å². The second kappa shape index (κ2) is 6.32. The fourth-order valence-corrected chi connectivity index (χ4v) is 3.21. The highest BCUT2D eigenvalue weighted by molar-refractivity contribution is 5.96. The van der Waals surface area contributed by atoms with Crippen LogP contribution in [0.15, 0.2) is 18.2 Å². The van der Waals surface area contributed by atoms with Gasteiger partial charge >= 0.3 is 6.09 Å². The van der Waals surface area contributed by atoms with Gasteiger partial charge in [-0.3, -0.25) is 4.79 Å². The maximum absolute atomic E-state index is 12.9. The van der Waals surface area contributed by atoms with E-state index in [-0.39, 0.29) is 12.0 Å². The number of benzene rings is 1. The molecule has 0 bridgehead atoms. The van der Waals surface area contributed by atoms with Gasteiger partial charge < -0.3 is 24.4 Å². The standard InChI is InChI=1S/C20H28N2O5/c1-18(2,3)27-17(24)22-10-9-20(6,12-22)16(23)21-13-7-8-14-15(11-13)26-19(4,5)25-14/h7-8,11H,9-10,12H2,1-6H3,(H,21,23)/t20-/m1/s1. The van der Waals surface area contributed by atoms with E-state index >= 15 is 0 Å². The Balaban J connectivity index is 1.64. The Kier molecular flexibility index (Phi) is 4.52. The zero-order valence-corrected chi connectivity index (χ0v) is 16.8. The van der Waals surface area contributed by atoms with Crippen molar-refractivity contribution in [2.24, 2.45) is 5.41 Å². The molecule has 0 aliphatic carbocycles. The monoisotopic (exact) mass is 376 g/mol. The van der Waals surface area contributed by atoms with Gasteiger partial charge in [-0.15, -0.1) is 0 Å². The van der Waals surface area contributed by atoms with Crippen molar-refractivity contribution < 1.29 is 23.8 Å². The minimum atomic E-state index is -0.712. The molecule has 0 spiro atoms. The number of anilines is 1. The van der Waals surface area contributed by atoms with Crippen molar-refractivity contribution in [1.29, 1.82) is 0 Å². The lowest BCUT2D eigenvalue weighted by molar-refractivity contribution is -0.124. The van der Waals surface area contributed by atoms with E-state index in [1.165, 1.54) is 0 Å². The van der Waals surface area contributed by atoms with E-state index in [9.17, 15) is 9.59 Å². The molecule has 27 heavy (non-hydrogen) atoms. The van der Waals surface area contributed by atoms with Gasteiger partial charge in [-0.25, -0.2) is 4.79 Å². The quantitative estimate of drug-likeness (QED) is 0.850. The van der Waals surface area contributed by atoms with E-state index in [1.54, 1.807) is 23.1 Å². The number of likely N-dealkylation sites (tertiary alicyclic amines) is 1. The second-order valence-electron chi connectivity index (χ2n) is 8.93. The normalized spacial score (nSPS) is 23.3. The molecule has 2 aliphatic rings. The van der Waals surface area contributed by atoms with Crippen LogP contribution in [-0.2, 0) is 9.53 Å². The maximum atomic E-state index is 12.9. The molecule has 3 rings (SSSR count). The molecule has 148 valence electrons. The Morgan fingerprint density at radius 3 is 2.48 bits per heavy atom. The summed E-state index contributed by atoms with van der Waals surface area (Å²) < 4.78 is 16.8. The van der Waals surface area contributed by atoms with E-state index < -0.39 is 16.8 Å². The van der Waals surface area contributed by atoms with Crippen molar-refractivity contribution in [1.82, 2.24) is 4.90 Å². The molecule has 0 radical (unpaired) electrons. The number of rotatable bonds is 2. The molecule has 2 amide bonds. The smallest absolute Gasteiger partial charge is 0.410 e. The lowest BCUT2D eigenvalue weighted by Crippen LogP contribution is -2.40. The summed E-state index contributed by atoms with van der Waals surface area (Å²) in [6.07, 6.45) is 0.194. The lowest BCUT2D eigenvalue weighted by atomic mass is 9.88. The molecule has 7 nitrogen and oxygen atoms in total. The maximum Gasteiger partial charge on any atom is 0.410 e. The number of ether oxygens (including phenoxy) is 3. The number of nitrogens with one attached hydrogen (secondary N) is 1. The summed E-state index contributed by atoms with van der Waals surface area (Å²) >= 11 is 0. The summed E-state index contributed by atoms with van der Waals surface area (Å²) in [5, 5.41) is 2.94. The van der Waals surface area contributed by atoms with Crippen LogP contribution in [-0.4, -0.2) is 41.4 Å². The molecule has 0 unspecified atom stereocenters. The Morgan fingerprint density at radius 2 is 1.81 bits per heavy atom. The number of hydrogen-bond donors (Lipinski definition) is 1. The molecule has 1 aromatic carbocycles. The third-order valence-electron chi connectivity index (χ3n) is 4.59. The van der Waals surface area contributed by atoms with Crippen LogP contribution in [0.1, 0.15) is 48.0 Å². The fraction of sp³-hybridized carbons (Fsp3) is 0.600. The SMILES string of the molecule is CC(C)(C)OC(=O)N1CC[C@@](C)(C(=O)Nc2ccc3c(c2)OC(C)(C)O3)C1. The topological polar surface area (TPSA) is 77.1 Å². The highest BCUT2D eigenvalue weighted by atomic mass is 16.7. The molecule has 1 N–H and O–H groups in total. The van der Waals surface area contributed by atoms with Crippen LogP contribution in [0.2, 0.25) is 0 Å². The van der Waals surface area contributed by atoms with Gasteiger partial charge in [0.25, 0.3) is 0 Å². The highest BCUT2D eigenvalue weighted by Gasteiger charge is 2.43. The lowest BCUT2D eigenvalue weighted by Gasteiger charge is -2.26. The molecule has 2 heterocycles. The van der Waals surface area contributed by atoms with E-state index in [0.29, 0.717) is 36.7 Å². The Bertz CT molecular complexity index is 768. The predicted molar refractivity (Wildman–Crippen MR) is 101 cm³/mol. The van der Waals surface area contributed by atoms with Gasteiger partial charge in [0.1, 0.15) is 5.60 Å². The fourth-order valence-electron chi connectivity index (χ4n) is 3.21. The average Bonchev–Trinajstić information content (AvgIpc) is 3.05. The molecule has 0 aromatic heterocycles. The Morgan fingerprint density at radius 1 is 1.15 bits per heavy atom. The van der Waals surface area contributed by atoms with Crippen LogP contribution in [0.5, 0.6) is 11.5 Å². The van der Waals surface area contributed by atoms with Crippen molar-refractivity contribution in [3.05, 3.63) is 18.2 Å². The van der Waals surface area contributed by atoms with Crippen LogP contribution < -0.4 is 14.8 Å². The second-order valence-corrected chi connectivity index (χ2v) is 8.93. The first-order valence-corrected chi connectivity index (χ1v) is 9.18. The van der Waals surface area contributed by atoms with Gasteiger partial charge in [0.05, 0.1) is 5.41 Å². The van der Waals surface area contributed by atoms with Crippen LogP contribution in [0.4, 0.5) is 10.5 Å². The number of amides is 2. The van der Waals surface area contributed by atoms with Crippen molar-refractivity contribution in [3.8, 4) is 11.5 Å². The van der Waals surface area contributed by atoms with Crippen molar-refractivity contribution >= 4 is 17.7 Å². The van der Waals surface area contributed by atoms with Gasteiger partial charge in [0.2, 0.25) is 11.7 Å². The first kappa shape index (κ1) is 19.3. The summed E-state index contributed by atoms with van der Waals surface area (Å²) in [6, 6.07) is 5.32. The largest absolute Gasteiger partial charge is 0.449 e. The van der Waals surface area contributed by atoms with E-state index in [2.05, 4.69) is 5.32 Å². The molecule has 0 saturated carbocycles. The van der Waals surface area contributed by atoms with Crippen molar-refractivity contribution in [3.63, 3.8) is 0 Å². The summed E-state index contributed by atoms with van der Waals surface area (Å²) in [5.41, 5.74) is -0.595. The van der Waals surface area contributed by atoms with E-state index in [0.717, 1.165) is 0 Å². The minimum Gasteiger partial charge on any atom is -0.449 e. The highest BCUT2D eigenvalue weighted by Crippen LogP contribution is 2.41.